The third-order valence-corrected chi connectivity index (χ3v) is 4.77. The summed E-state index contributed by atoms with van der Waals surface area (Å²) in [7, 11) is -2.50. The fraction of sp³-hybridized carbons (Fsp3) is 0.0769. The predicted molar refractivity (Wildman–Crippen MR) is 81.4 cm³/mol. The molecule has 0 fully saturated rings. The fourth-order valence-electron chi connectivity index (χ4n) is 2.21. The molecule has 0 saturated heterocycles. The number of nitrogens with one attached hydrogen (secondary N) is 2. The molecule has 0 atom stereocenters. The SMILES string of the molecule is Cn1ncc(S(=O)(=O)Nc2ccc(F)c3c(C#N)c[nH]c23)c1N. The lowest BCUT2D eigenvalue weighted by molar-refractivity contribution is 0.601. The lowest BCUT2D eigenvalue weighted by atomic mass is 10.1. The summed E-state index contributed by atoms with van der Waals surface area (Å²) in [5.74, 6) is -0.651. The van der Waals surface area contributed by atoms with Gasteiger partial charge in [-0.3, -0.25) is 9.40 Å². The second kappa shape index (κ2) is 4.99. The molecular formula is C13H11FN6O2S. The molecule has 10 heteroatoms. The molecule has 0 aliphatic rings. The Bertz CT molecular complexity index is 1060. The summed E-state index contributed by atoms with van der Waals surface area (Å²) < 4.78 is 42.3. The van der Waals surface area contributed by atoms with Gasteiger partial charge in [0.25, 0.3) is 10.0 Å². The summed E-state index contributed by atoms with van der Waals surface area (Å²) in [5, 5.41) is 12.8. The molecule has 4 N–H and O–H groups in total. The van der Waals surface area contributed by atoms with Gasteiger partial charge >= 0.3 is 0 Å². The molecule has 0 bridgehead atoms. The van der Waals surface area contributed by atoms with E-state index in [0.29, 0.717) is 0 Å². The summed E-state index contributed by atoms with van der Waals surface area (Å²) in [4.78, 5) is 2.51. The van der Waals surface area contributed by atoms with E-state index in [0.717, 1.165) is 12.3 Å². The minimum atomic E-state index is -4.01. The minimum absolute atomic E-state index is 0.0202. The van der Waals surface area contributed by atoms with Crippen molar-refractivity contribution in [2.75, 3.05) is 10.5 Å². The van der Waals surface area contributed by atoms with E-state index in [4.69, 9.17) is 11.0 Å². The van der Waals surface area contributed by atoms with Crippen LogP contribution in [0.15, 0.2) is 29.4 Å². The van der Waals surface area contributed by atoms with Crippen LogP contribution in [-0.4, -0.2) is 23.2 Å². The summed E-state index contributed by atoms with van der Waals surface area (Å²) in [6.45, 7) is 0. The monoisotopic (exact) mass is 334 g/mol. The van der Waals surface area contributed by atoms with Crippen molar-refractivity contribution in [1.29, 1.82) is 5.26 Å². The Balaban J connectivity index is 2.12. The molecule has 0 radical (unpaired) electrons. The number of nitrogen functional groups attached to an aromatic ring is 1. The highest BCUT2D eigenvalue weighted by Crippen LogP contribution is 2.30. The minimum Gasteiger partial charge on any atom is -0.383 e. The Kier molecular flexibility index (Phi) is 3.23. The van der Waals surface area contributed by atoms with Crippen LogP contribution in [0.3, 0.4) is 0 Å². The summed E-state index contributed by atoms with van der Waals surface area (Å²) in [6.07, 6.45) is 2.43. The zero-order chi connectivity index (χ0) is 16.8. The lowest BCUT2D eigenvalue weighted by Gasteiger charge is -2.09. The molecule has 23 heavy (non-hydrogen) atoms. The van der Waals surface area contributed by atoms with Crippen LogP contribution in [0.2, 0.25) is 0 Å². The maximum atomic E-state index is 13.9. The van der Waals surface area contributed by atoms with Crippen LogP contribution in [0.4, 0.5) is 15.9 Å². The second-order valence-corrected chi connectivity index (χ2v) is 6.43. The Hall–Kier alpha value is -3.06. The number of nitrogens with zero attached hydrogens (tertiary/aromatic N) is 3. The van der Waals surface area contributed by atoms with Gasteiger partial charge in [0.2, 0.25) is 0 Å². The van der Waals surface area contributed by atoms with Gasteiger partial charge in [0.15, 0.2) is 0 Å². The Morgan fingerprint density at radius 1 is 1.48 bits per heavy atom. The topological polar surface area (TPSA) is 130 Å². The highest BCUT2D eigenvalue weighted by Gasteiger charge is 2.23. The van der Waals surface area contributed by atoms with Crippen LogP contribution in [0, 0.1) is 17.1 Å². The maximum absolute atomic E-state index is 13.9. The van der Waals surface area contributed by atoms with E-state index >= 15 is 0 Å². The van der Waals surface area contributed by atoms with Crippen LogP contribution in [0.25, 0.3) is 10.9 Å². The zero-order valence-electron chi connectivity index (χ0n) is 11.8. The Labute approximate surface area is 130 Å². The summed E-state index contributed by atoms with van der Waals surface area (Å²) >= 11 is 0. The standard InChI is InChI=1S/C13H11FN6O2S/c1-20-13(16)10(6-18-20)23(21,22)19-9-3-2-8(14)11-7(4-15)5-17-12(9)11/h2-3,5-6,17,19H,16H2,1H3. The lowest BCUT2D eigenvalue weighted by Crippen LogP contribution is -2.15. The molecule has 2 heterocycles. The van der Waals surface area contributed by atoms with Crippen LogP contribution in [0.1, 0.15) is 5.56 Å². The van der Waals surface area contributed by atoms with Crippen LogP contribution < -0.4 is 10.5 Å². The molecule has 3 rings (SSSR count). The number of H-pyrrole nitrogens is 1. The van der Waals surface area contributed by atoms with Crippen LogP contribution in [-0.2, 0) is 17.1 Å². The average molecular weight is 334 g/mol. The van der Waals surface area contributed by atoms with Crippen molar-refractivity contribution in [3.05, 3.63) is 35.9 Å². The van der Waals surface area contributed by atoms with E-state index < -0.39 is 15.8 Å². The maximum Gasteiger partial charge on any atom is 0.267 e. The largest absolute Gasteiger partial charge is 0.383 e. The van der Waals surface area contributed by atoms with E-state index in [1.165, 1.54) is 24.0 Å². The van der Waals surface area contributed by atoms with Crippen LogP contribution in [0.5, 0.6) is 0 Å². The predicted octanol–water partition coefficient (Wildman–Crippen LogP) is 1.30. The van der Waals surface area contributed by atoms with E-state index in [9.17, 15) is 12.8 Å². The van der Waals surface area contributed by atoms with Gasteiger partial charge in [0.1, 0.15) is 22.6 Å². The third-order valence-electron chi connectivity index (χ3n) is 3.39. The summed E-state index contributed by atoms with van der Waals surface area (Å²) in [5.41, 5.74) is 6.03. The molecule has 0 amide bonds. The number of anilines is 2. The number of aromatic amines is 1. The number of nitriles is 1. The molecule has 0 saturated carbocycles. The highest BCUT2D eigenvalue weighted by molar-refractivity contribution is 7.92. The second-order valence-electron chi connectivity index (χ2n) is 4.78. The average Bonchev–Trinajstić information content (AvgIpc) is 3.07. The van der Waals surface area contributed by atoms with Crippen molar-refractivity contribution in [2.45, 2.75) is 4.90 Å². The number of aromatic nitrogens is 3. The van der Waals surface area contributed by atoms with Crippen molar-refractivity contribution in [1.82, 2.24) is 14.8 Å². The molecule has 1 aromatic carbocycles. The van der Waals surface area contributed by atoms with Crippen molar-refractivity contribution in [2.24, 2.45) is 7.05 Å². The van der Waals surface area contributed by atoms with Gasteiger partial charge < -0.3 is 10.7 Å². The van der Waals surface area contributed by atoms with E-state index in [-0.39, 0.29) is 32.9 Å². The van der Waals surface area contributed by atoms with Gasteiger partial charge in [-0.15, -0.1) is 0 Å². The molecule has 8 nitrogen and oxygen atoms in total. The first-order valence-corrected chi connectivity index (χ1v) is 7.83. The van der Waals surface area contributed by atoms with Crippen molar-refractivity contribution >= 4 is 32.4 Å². The number of rotatable bonds is 3. The number of benzene rings is 1. The number of nitrogens with two attached hydrogens (primary N) is 1. The number of sulfonamides is 1. The molecule has 0 aliphatic carbocycles. The number of fused-ring (bicyclic) bond motifs is 1. The van der Waals surface area contributed by atoms with Gasteiger partial charge in [-0.2, -0.15) is 10.4 Å². The quantitative estimate of drug-likeness (QED) is 0.664. The molecule has 0 aliphatic heterocycles. The fourth-order valence-corrected chi connectivity index (χ4v) is 3.38. The molecule has 2 aromatic heterocycles. The Morgan fingerprint density at radius 3 is 2.83 bits per heavy atom. The Morgan fingerprint density at radius 2 is 2.22 bits per heavy atom. The number of aryl methyl sites for hydroxylation is 1. The van der Waals surface area contributed by atoms with E-state index in [2.05, 4.69) is 14.8 Å². The molecule has 0 unspecified atom stereocenters. The normalized spacial score (nSPS) is 11.5. The van der Waals surface area contributed by atoms with Gasteiger partial charge in [0, 0.05) is 13.2 Å². The number of hydrogen-bond donors (Lipinski definition) is 3. The van der Waals surface area contributed by atoms with E-state index in [1.54, 1.807) is 0 Å². The van der Waals surface area contributed by atoms with Crippen molar-refractivity contribution < 1.29 is 12.8 Å². The third kappa shape index (κ3) is 2.27. The van der Waals surface area contributed by atoms with Gasteiger partial charge in [-0.1, -0.05) is 0 Å². The van der Waals surface area contributed by atoms with Crippen molar-refractivity contribution in [3.8, 4) is 6.07 Å². The van der Waals surface area contributed by atoms with E-state index in [1.807, 2.05) is 6.07 Å². The van der Waals surface area contributed by atoms with Gasteiger partial charge in [0.05, 0.1) is 28.4 Å². The first-order chi connectivity index (χ1) is 10.8. The molecule has 118 valence electrons. The first-order valence-electron chi connectivity index (χ1n) is 6.35. The molecule has 0 spiro atoms. The number of hydrogen-bond acceptors (Lipinski definition) is 5. The first kappa shape index (κ1) is 14.9. The van der Waals surface area contributed by atoms with Crippen molar-refractivity contribution in [3.63, 3.8) is 0 Å². The molecular weight excluding hydrogens is 323 g/mol. The zero-order valence-corrected chi connectivity index (χ0v) is 12.6. The number of halogens is 1. The van der Waals surface area contributed by atoms with Gasteiger partial charge in [-0.05, 0) is 12.1 Å². The summed E-state index contributed by atoms with van der Waals surface area (Å²) in [6, 6.07) is 4.19. The van der Waals surface area contributed by atoms with Gasteiger partial charge in [-0.25, -0.2) is 12.8 Å². The smallest absolute Gasteiger partial charge is 0.267 e. The molecule has 3 aromatic rings. The highest BCUT2D eigenvalue weighted by atomic mass is 32.2. The van der Waals surface area contributed by atoms with Crippen LogP contribution >= 0.6 is 0 Å².